The SMILES string of the molecule is CCNC(=O)[C@H](C)OC(=O)CCNS(=O)(=O)c1ccc(OC(F)(F)F)cc1. The minimum Gasteiger partial charge on any atom is -0.453 e. The molecule has 0 saturated carbocycles. The normalized spacial score (nSPS) is 12.9. The summed E-state index contributed by atoms with van der Waals surface area (Å²) in [5, 5.41) is 2.46. The average molecular weight is 412 g/mol. The summed E-state index contributed by atoms with van der Waals surface area (Å²) in [5.74, 6) is -1.83. The van der Waals surface area contributed by atoms with Gasteiger partial charge < -0.3 is 14.8 Å². The number of rotatable bonds is 9. The number of nitrogens with one attached hydrogen (secondary N) is 2. The van der Waals surface area contributed by atoms with Crippen LogP contribution in [0.1, 0.15) is 20.3 Å². The van der Waals surface area contributed by atoms with Crippen LogP contribution in [0.4, 0.5) is 13.2 Å². The Bertz CT molecular complexity index is 750. The number of carbonyl (C=O) groups is 2. The molecule has 0 aliphatic carbocycles. The Morgan fingerprint density at radius 3 is 2.30 bits per heavy atom. The van der Waals surface area contributed by atoms with E-state index in [0.29, 0.717) is 6.54 Å². The Hall–Kier alpha value is -2.34. The molecule has 152 valence electrons. The van der Waals surface area contributed by atoms with E-state index in [1.807, 2.05) is 0 Å². The number of hydrogen-bond donors (Lipinski definition) is 2. The van der Waals surface area contributed by atoms with E-state index in [1.165, 1.54) is 6.92 Å². The van der Waals surface area contributed by atoms with Crippen molar-refractivity contribution in [1.29, 1.82) is 0 Å². The van der Waals surface area contributed by atoms with Crippen molar-refractivity contribution in [3.8, 4) is 5.75 Å². The Morgan fingerprint density at radius 2 is 1.78 bits per heavy atom. The van der Waals surface area contributed by atoms with E-state index in [-0.39, 0.29) is 17.9 Å². The van der Waals surface area contributed by atoms with Crippen molar-refractivity contribution in [2.24, 2.45) is 0 Å². The topological polar surface area (TPSA) is 111 Å². The molecule has 0 unspecified atom stereocenters. The molecule has 0 aliphatic rings. The Kier molecular flexibility index (Phi) is 8.03. The molecule has 1 rings (SSSR count). The highest BCUT2D eigenvalue weighted by molar-refractivity contribution is 7.89. The number of amides is 1. The number of halogens is 3. The number of benzene rings is 1. The van der Waals surface area contributed by atoms with Gasteiger partial charge in [0.15, 0.2) is 6.10 Å². The first kappa shape index (κ1) is 22.7. The third kappa shape index (κ3) is 8.26. The largest absolute Gasteiger partial charge is 0.573 e. The highest BCUT2D eigenvalue weighted by atomic mass is 32.2. The summed E-state index contributed by atoms with van der Waals surface area (Å²) in [6.07, 6.45) is -6.24. The number of likely N-dealkylation sites (N-methyl/N-ethyl adjacent to an activating group) is 1. The zero-order chi connectivity index (χ0) is 20.7. The lowest BCUT2D eigenvalue weighted by molar-refractivity contribution is -0.274. The van der Waals surface area contributed by atoms with Crippen molar-refractivity contribution < 1.29 is 40.7 Å². The van der Waals surface area contributed by atoms with Gasteiger partial charge in [0.2, 0.25) is 10.0 Å². The van der Waals surface area contributed by atoms with Crippen LogP contribution in [0, 0.1) is 0 Å². The minimum atomic E-state index is -4.88. The van der Waals surface area contributed by atoms with Crippen LogP contribution in [0.2, 0.25) is 0 Å². The van der Waals surface area contributed by atoms with Crippen LogP contribution >= 0.6 is 0 Å². The lowest BCUT2D eigenvalue weighted by Gasteiger charge is -2.13. The summed E-state index contributed by atoms with van der Waals surface area (Å²) in [6, 6.07) is 3.56. The van der Waals surface area contributed by atoms with Gasteiger partial charge in [-0.15, -0.1) is 13.2 Å². The fourth-order valence-corrected chi connectivity index (χ4v) is 2.85. The highest BCUT2D eigenvalue weighted by Crippen LogP contribution is 2.23. The summed E-state index contributed by atoms with van der Waals surface area (Å²) in [7, 11) is -4.04. The van der Waals surface area contributed by atoms with Gasteiger partial charge in [-0.3, -0.25) is 9.59 Å². The number of alkyl halides is 3. The van der Waals surface area contributed by atoms with Crippen molar-refractivity contribution in [3.63, 3.8) is 0 Å². The molecule has 1 aromatic carbocycles. The van der Waals surface area contributed by atoms with Crippen LogP contribution in [-0.4, -0.2) is 45.9 Å². The number of sulfonamides is 1. The highest BCUT2D eigenvalue weighted by Gasteiger charge is 2.31. The molecule has 8 nitrogen and oxygen atoms in total. The summed E-state index contributed by atoms with van der Waals surface area (Å²) in [6.45, 7) is 3.12. The van der Waals surface area contributed by atoms with Crippen LogP contribution < -0.4 is 14.8 Å². The molecule has 12 heteroatoms. The lowest BCUT2D eigenvalue weighted by atomic mass is 10.3. The van der Waals surface area contributed by atoms with Crippen molar-refractivity contribution in [3.05, 3.63) is 24.3 Å². The van der Waals surface area contributed by atoms with Gasteiger partial charge in [0, 0.05) is 13.1 Å². The van der Waals surface area contributed by atoms with Gasteiger partial charge in [-0.2, -0.15) is 0 Å². The van der Waals surface area contributed by atoms with Crippen molar-refractivity contribution in [2.45, 2.75) is 37.6 Å². The van der Waals surface area contributed by atoms with Crippen LogP contribution in [0.25, 0.3) is 0 Å². The zero-order valence-corrected chi connectivity index (χ0v) is 15.3. The van der Waals surface area contributed by atoms with Gasteiger partial charge in [-0.1, -0.05) is 0 Å². The second-order valence-corrected chi connectivity index (χ2v) is 6.96. The number of esters is 1. The van der Waals surface area contributed by atoms with E-state index in [4.69, 9.17) is 4.74 Å². The van der Waals surface area contributed by atoms with Crippen LogP contribution in [-0.2, 0) is 24.3 Å². The van der Waals surface area contributed by atoms with Gasteiger partial charge in [0.25, 0.3) is 5.91 Å². The number of hydrogen-bond acceptors (Lipinski definition) is 6. The Labute approximate surface area is 154 Å². The standard InChI is InChI=1S/C15H19F3N2O6S/c1-3-19-14(22)10(2)25-13(21)8-9-20-27(23,24)12-6-4-11(5-7-12)26-15(16,17)18/h4-7,10,20H,3,8-9H2,1-2H3,(H,19,22)/t10-/m0/s1. The quantitative estimate of drug-likeness (QED) is 0.592. The van der Waals surface area contributed by atoms with Crippen LogP contribution in [0.5, 0.6) is 5.75 Å². The maximum atomic E-state index is 12.1. The Balaban J connectivity index is 2.53. The fraction of sp³-hybridized carbons (Fsp3) is 0.467. The van der Waals surface area contributed by atoms with Crippen molar-refractivity contribution in [2.75, 3.05) is 13.1 Å². The number of carbonyl (C=O) groups excluding carboxylic acids is 2. The lowest BCUT2D eigenvalue weighted by Crippen LogP contribution is -2.36. The van der Waals surface area contributed by atoms with Crippen LogP contribution in [0.3, 0.4) is 0 Å². The smallest absolute Gasteiger partial charge is 0.453 e. The van der Waals surface area contributed by atoms with Crippen molar-refractivity contribution in [1.82, 2.24) is 10.0 Å². The van der Waals surface area contributed by atoms with Gasteiger partial charge in [0.1, 0.15) is 5.75 Å². The molecule has 1 amide bonds. The van der Waals surface area contributed by atoms with Gasteiger partial charge in [0.05, 0.1) is 11.3 Å². The molecule has 1 aromatic rings. The average Bonchev–Trinajstić information content (AvgIpc) is 2.53. The maximum absolute atomic E-state index is 12.1. The first-order valence-corrected chi connectivity index (χ1v) is 9.25. The van der Waals surface area contributed by atoms with E-state index in [1.54, 1.807) is 6.92 Å². The first-order valence-electron chi connectivity index (χ1n) is 7.77. The van der Waals surface area contributed by atoms with Gasteiger partial charge in [-0.25, -0.2) is 13.1 Å². The van der Waals surface area contributed by atoms with E-state index < -0.39 is 40.1 Å². The second kappa shape index (κ2) is 9.55. The molecule has 0 fully saturated rings. The monoisotopic (exact) mass is 412 g/mol. The summed E-state index contributed by atoms with van der Waals surface area (Å²) >= 11 is 0. The molecule has 27 heavy (non-hydrogen) atoms. The molecular weight excluding hydrogens is 393 g/mol. The number of ether oxygens (including phenoxy) is 2. The molecule has 0 spiro atoms. The van der Waals surface area contributed by atoms with Crippen molar-refractivity contribution >= 4 is 21.9 Å². The van der Waals surface area contributed by atoms with E-state index in [0.717, 1.165) is 24.3 Å². The molecular formula is C15H19F3N2O6S. The minimum absolute atomic E-state index is 0.305. The van der Waals surface area contributed by atoms with Gasteiger partial charge in [-0.05, 0) is 38.1 Å². The molecule has 0 bridgehead atoms. The third-order valence-corrected chi connectivity index (χ3v) is 4.49. The Morgan fingerprint density at radius 1 is 1.19 bits per heavy atom. The maximum Gasteiger partial charge on any atom is 0.573 e. The molecule has 0 radical (unpaired) electrons. The predicted octanol–water partition coefficient (Wildman–Crippen LogP) is 1.32. The van der Waals surface area contributed by atoms with Gasteiger partial charge >= 0.3 is 12.3 Å². The summed E-state index contributed by atoms with van der Waals surface area (Å²) < 4.78 is 70.9. The molecule has 0 saturated heterocycles. The molecule has 0 heterocycles. The van der Waals surface area contributed by atoms with E-state index in [9.17, 15) is 31.2 Å². The van der Waals surface area contributed by atoms with Crippen LogP contribution in [0.15, 0.2) is 29.2 Å². The molecule has 0 aromatic heterocycles. The molecule has 2 N–H and O–H groups in total. The second-order valence-electron chi connectivity index (χ2n) is 5.19. The predicted molar refractivity (Wildman–Crippen MR) is 87.2 cm³/mol. The molecule has 1 atom stereocenters. The third-order valence-electron chi connectivity index (χ3n) is 3.02. The zero-order valence-electron chi connectivity index (χ0n) is 14.5. The summed E-state index contributed by atoms with van der Waals surface area (Å²) in [5.41, 5.74) is 0. The van der Waals surface area contributed by atoms with E-state index in [2.05, 4.69) is 14.8 Å². The molecule has 0 aliphatic heterocycles. The fourth-order valence-electron chi connectivity index (χ4n) is 1.82. The first-order chi connectivity index (χ1) is 12.4. The summed E-state index contributed by atoms with van der Waals surface area (Å²) in [4.78, 5) is 22.7. The van der Waals surface area contributed by atoms with E-state index >= 15 is 0 Å².